The molecule has 2 heterocycles. The average molecular weight is 499 g/mol. The lowest BCUT2D eigenvalue weighted by Crippen LogP contribution is -2.23. The fraction of sp³-hybridized carbons (Fsp3) is 0.304. The summed E-state index contributed by atoms with van der Waals surface area (Å²) in [5.41, 5.74) is 1.56. The van der Waals surface area contributed by atoms with Crippen molar-refractivity contribution >= 4 is 38.6 Å². The van der Waals surface area contributed by atoms with Crippen LogP contribution in [-0.2, 0) is 12.3 Å². The summed E-state index contributed by atoms with van der Waals surface area (Å²) < 4.78 is 8.54. The van der Waals surface area contributed by atoms with E-state index in [-0.39, 0.29) is 5.56 Å². The first-order valence-corrected chi connectivity index (χ1v) is 12.1. The zero-order chi connectivity index (χ0) is 21.6. The van der Waals surface area contributed by atoms with E-state index in [0.29, 0.717) is 40.1 Å². The van der Waals surface area contributed by atoms with Gasteiger partial charge in [-0.2, -0.15) is 0 Å². The largest absolute Gasteiger partial charge is 0.420 e. The predicted molar refractivity (Wildman–Crippen MR) is 127 cm³/mol. The van der Waals surface area contributed by atoms with Gasteiger partial charge in [-0.1, -0.05) is 62.2 Å². The minimum absolute atomic E-state index is 0.00373. The lowest BCUT2D eigenvalue weighted by molar-refractivity contribution is 0.522. The van der Waals surface area contributed by atoms with E-state index in [1.807, 2.05) is 48.5 Å². The molecule has 0 saturated heterocycles. The molecule has 8 heteroatoms. The predicted octanol–water partition coefficient (Wildman–Crippen LogP) is 6.08. The fourth-order valence-electron chi connectivity index (χ4n) is 3.33. The van der Waals surface area contributed by atoms with E-state index >= 15 is 0 Å². The van der Waals surface area contributed by atoms with Crippen molar-refractivity contribution in [1.82, 2.24) is 19.7 Å². The number of rotatable bonds is 9. The first kappa shape index (κ1) is 21.8. The number of nitrogens with zero attached hydrogens (tertiary/aromatic N) is 4. The molecule has 0 N–H and O–H groups in total. The molecule has 160 valence electrons. The maximum absolute atomic E-state index is 13.1. The number of aromatic nitrogens is 4. The molecule has 4 aromatic rings. The maximum Gasteiger partial charge on any atom is 0.262 e. The van der Waals surface area contributed by atoms with Gasteiger partial charge in [-0.05, 0) is 46.6 Å². The summed E-state index contributed by atoms with van der Waals surface area (Å²) in [5.74, 6) is 1.40. The van der Waals surface area contributed by atoms with E-state index in [1.54, 1.807) is 4.57 Å². The van der Waals surface area contributed by atoms with Gasteiger partial charge in [0, 0.05) is 11.0 Å². The molecular formula is C23H23BrN4O2S. The number of benzene rings is 2. The Kier molecular flexibility index (Phi) is 7.19. The molecule has 0 saturated carbocycles. The molecule has 0 amide bonds. The van der Waals surface area contributed by atoms with Crippen molar-refractivity contribution in [1.29, 1.82) is 0 Å². The van der Waals surface area contributed by atoms with Crippen LogP contribution in [0.3, 0.4) is 0 Å². The van der Waals surface area contributed by atoms with Gasteiger partial charge in [0.05, 0.1) is 22.2 Å². The van der Waals surface area contributed by atoms with Gasteiger partial charge in [0.15, 0.2) is 5.16 Å². The minimum atomic E-state index is 0.00373. The summed E-state index contributed by atoms with van der Waals surface area (Å²) in [4.78, 5) is 17.9. The summed E-state index contributed by atoms with van der Waals surface area (Å²) in [7, 11) is 0. The van der Waals surface area contributed by atoms with Crippen LogP contribution in [-0.4, -0.2) is 19.7 Å². The number of hydrogen-bond donors (Lipinski definition) is 0. The average Bonchev–Trinajstić information content (AvgIpc) is 3.26. The lowest BCUT2D eigenvalue weighted by atomic mass is 10.2. The molecule has 6 nitrogen and oxygen atoms in total. The smallest absolute Gasteiger partial charge is 0.262 e. The Bertz CT molecular complexity index is 1240. The van der Waals surface area contributed by atoms with Gasteiger partial charge in [-0.15, -0.1) is 10.2 Å². The lowest BCUT2D eigenvalue weighted by Gasteiger charge is -2.12. The zero-order valence-electron chi connectivity index (χ0n) is 17.3. The standard InChI is InChI=1S/C23H23BrN4O2S/c1-2-3-4-9-14-28-22(29)17-11-6-8-13-19(17)25-23(28)31-15-20-26-27-21(30-20)16-10-5-7-12-18(16)24/h5-8,10-13H,2-4,9,14-15H2,1H3. The van der Waals surface area contributed by atoms with E-state index in [2.05, 4.69) is 33.1 Å². The summed E-state index contributed by atoms with van der Waals surface area (Å²) >= 11 is 4.96. The summed E-state index contributed by atoms with van der Waals surface area (Å²) in [6, 6.07) is 15.2. The van der Waals surface area contributed by atoms with Gasteiger partial charge in [0.25, 0.3) is 5.56 Å². The first-order valence-electron chi connectivity index (χ1n) is 10.4. The number of hydrogen-bond acceptors (Lipinski definition) is 6. The number of unbranched alkanes of at least 4 members (excludes halogenated alkanes) is 3. The van der Waals surface area contributed by atoms with Gasteiger partial charge >= 0.3 is 0 Å². The molecule has 0 bridgehead atoms. The Morgan fingerprint density at radius 1 is 1.03 bits per heavy atom. The number of thioether (sulfide) groups is 1. The SMILES string of the molecule is CCCCCCn1c(SCc2nnc(-c3ccccc3Br)o2)nc2ccccc2c1=O. The molecule has 0 aliphatic rings. The molecule has 0 aliphatic heterocycles. The summed E-state index contributed by atoms with van der Waals surface area (Å²) in [5, 5.41) is 9.68. The molecule has 2 aromatic heterocycles. The second-order valence-electron chi connectivity index (χ2n) is 7.20. The molecule has 0 fully saturated rings. The van der Waals surface area contributed by atoms with Crippen molar-refractivity contribution < 1.29 is 4.42 Å². The Labute approximate surface area is 193 Å². The summed E-state index contributed by atoms with van der Waals surface area (Å²) in [6.07, 6.45) is 4.37. The van der Waals surface area contributed by atoms with Crippen LogP contribution in [0.1, 0.15) is 38.5 Å². The molecule has 0 spiro atoms. The van der Waals surface area contributed by atoms with E-state index < -0.39 is 0 Å². The number of fused-ring (bicyclic) bond motifs is 1. The minimum Gasteiger partial charge on any atom is -0.420 e. The van der Waals surface area contributed by atoms with Crippen LogP contribution in [0.4, 0.5) is 0 Å². The topological polar surface area (TPSA) is 73.8 Å². The zero-order valence-corrected chi connectivity index (χ0v) is 19.7. The van der Waals surface area contributed by atoms with Gasteiger partial charge in [-0.3, -0.25) is 9.36 Å². The van der Waals surface area contributed by atoms with Crippen molar-refractivity contribution in [2.24, 2.45) is 0 Å². The third-order valence-electron chi connectivity index (χ3n) is 4.96. The van der Waals surface area contributed by atoms with E-state index in [9.17, 15) is 4.79 Å². The van der Waals surface area contributed by atoms with Crippen LogP contribution >= 0.6 is 27.7 Å². The highest BCUT2D eigenvalue weighted by Crippen LogP contribution is 2.28. The Morgan fingerprint density at radius 3 is 2.68 bits per heavy atom. The van der Waals surface area contributed by atoms with Crippen LogP contribution in [0, 0.1) is 0 Å². The van der Waals surface area contributed by atoms with Crippen molar-refractivity contribution in [3.05, 3.63) is 69.2 Å². The highest BCUT2D eigenvalue weighted by Gasteiger charge is 2.15. The molecule has 0 atom stereocenters. The maximum atomic E-state index is 13.1. The van der Waals surface area contributed by atoms with Crippen LogP contribution in [0.25, 0.3) is 22.4 Å². The first-order chi connectivity index (χ1) is 15.2. The van der Waals surface area contributed by atoms with Crippen molar-refractivity contribution in [2.75, 3.05) is 0 Å². The monoisotopic (exact) mass is 498 g/mol. The molecule has 0 unspecified atom stereocenters. The van der Waals surface area contributed by atoms with Crippen molar-refractivity contribution in [3.8, 4) is 11.5 Å². The fourth-order valence-corrected chi connectivity index (χ4v) is 4.65. The van der Waals surface area contributed by atoms with Gasteiger partial charge in [-0.25, -0.2) is 4.98 Å². The van der Waals surface area contributed by atoms with Crippen LogP contribution in [0.5, 0.6) is 0 Å². The van der Waals surface area contributed by atoms with Crippen molar-refractivity contribution in [2.45, 2.75) is 50.1 Å². The normalized spacial score (nSPS) is 11.3. The van der Waals surface area contributed by atoms with Crippen molar-refractivity contribution in [3.63, 3.8) is 0 Å². The van der Waals surface area contributed by atoms with Gasteiger partial charge < -0.3 is 4.42 Å². The van der Waals surface area contributed by atoms with E-state index in [0.717, 1.165) is 35.7 Å². The van der Waals surface area contributed by atoms with Crippen LogP contribution < -0.4 is 5.56 Å². The molecule has 4 rings (SSSR count). The van der Waals surface area contributed by atoms with Crippen LogP contribution in [0.15, 0.2) is 67.4 Å². The van der Waals surface area contributed by atoms with Gasteiger partial charge in [0.1, 0.15) is 0 Å². The highest BCUT2D eigenvalue weighted by atomic mass is 79.9. The highest BCUT2D eigenvalue weighted by molar-refractivity contribution is 9.10. The second-order valence-corrected chi connectivity index (χ2v) is 9.00. The van der Waals surface area contributed by atoms with E-state index in [1.165, 1.54) is 11.8 Å². The molecule has 0 aliphatic carbocycles. The van der Waals surface area contributed by atoms with Crippen LogP contribution in [0.2, 0.25) is 0 Å². The quantitative estimate of drug-likeness (QED) is 0.158. The Morgan fingerprint density at radius 2 is 1.84 bits per heavy atom. The number of halogens is 1. The number of para-hydroxylation sites is 1. The van der Waals surface area contributed by atoms with Gasteiger partial charge in [0.2, 0.25) is 11.8 Å². The Balaban J connectivity index is 1.57. The third-order valence-corrected chi connectivity index (χ3v) is 6.61. The molecule has 2 aromatic carbocycles. The second kappa shape index (κ2) is 10.2. The Hall–Kier alpha value is -2.45. The third kappa shape index (κ3) is 5.07. The van der Waals surface area contributed by atoms with E-state index in [4.69, 9.17) is 9.40 Å². The molecule has 31 heavy (non-hydrogen) atoms. The molecule has 0 radical (unpaired) electrons. The molecular weight excluding hydrogens is 476 g/mol. The summed E-state index contributed by atoms with van der Waals surface area (Å²) in [6.45, 7) is 2.84.